The monoisotopic (exact) mass is 707 g/mol. The standard InChI is InChI=1S/C40H29N5O4S2/c1-45(2)27-10-7-24(8-11-27)9-12-33-35-37(48-15-13-46-35)39(50-33)40-38-36(47-14-16-49-38)34(51-40)19-32-30(17-25(20-41)21-42)28-5-3-4-6-29(28)31(32)18-26(22-43)23-44/h3-12,17-19,30-31H,13-16H2,1-2H3/b12-9+,32-19?. The molecular formula is C40H29N5O4S2. The zero-order valence-corrected chi connectivity index (χ0v) is 29.3. The summed E-state index contributed by atoms with van der Waals surface area (Å²) in [7, 11) is 4.02. The summed E-state index contributed by atoms with van der Waals surface area (Å²) in [5.41, 5.74) is 4.67. The molecule has 2 unspecified atom stereocenters. The lowest BCUT2D eigenvalue weighted by Gasteiger charge is -2.18. The second-order valence-electron chi connectivity index (χ2n) is 12.0. The third-order valence-electron chi connectivity index (χ3n) is 8.72. The van der Waals surface area contributed by atoms with Gasteiger partial charge in [-0.2, -0.15) is 21.0 Å². The molecule has 4 heterocycles. The Bertz CT molecular complexity index is 2210. The van der Waals surface area contributed by atoms with Gasteiger partial charge in [0, 0.05) is 31.6 Å². The molecule has 7 rings (SSSR count). The highest BCUT2D eigenvalue weighted by atomic mass is 32.1. The predicted molar refractivity (Wildman–Crippen MR) is 198 cm³/mol. The summed E-state index contributed by atoms with van der Waals surface area (Å²) in [6.45, 7) is 1.58. The van der Waals surface area contributed by atoms with E-state index in [9.17, 15) is 21.0 Å². The van der Waals surface area contributed by atoms with Crippen molar-refractivity contribution in [2.24, 2.45) is 0 Å². The molecule has 11 heteroatoms. The topological polar surface area (TPSA) is 135 Å². The van der Waals surface area contributed by atoms with E-state index in [1.807, 2.05) is 74.8 Å². The average molecular weight is 708 g/mol. The summed E-state index contributed by atoms with van der Waals surface area (Å²) in [5, 5.41) is 38.8. The number of thiophene rings is 2. The first-order valence-electron chi connectivity index (χ1n) is 16.1. The quantitative estimate of drug-likeness (QED) is 0.173. The van der Waals surface area contributed by atoms with Crippen LogP contribution in [0.5, 0.6) is 23.0 Å². The van der Waals surface area contributed by atoms with E-state index < -0.39 is 11.8 Å². The van der Waals surface area contributed by atoms with E-state index in [4.69, 9.17) is 18.9 Å². The number of allylic oxidation sites excluding steroid dienone is 5. The summed E-state index contributed by atoms with van der Waals surface area (Å²) in [4.78, 5) is 5.43. The minimum absolute atomic E-state index is 0.0313. The average Bonchev–Trinajstić information content (AvgIpc) is 3.81. The molecule has 0 saturated carbocycles. The van der Waals surface area contributed by atoms with Crippen LogP contribution in [0.2, 0.25) is 0 Å². The molecule has 0 saturated heterocycles. The number of nitrogens with zero attached hydrogens (tertiary/aromatic N) is 5. The lowest BCUT2D eigenvalue weighted by atomic mass is 9.90. The fraction of sp³-hybridized carbons (Fsp3) is 0.200. The van der Waals surface area contributed by atoms with Crippen molar-refractivity contribution < 1.29 is 18.9 Å². The zero-order chi connectivity index (χ0) is 35.5. The van der Waals surface area contributed by atoms with Crippen molar-refractivity contribution in [2.75, 3.05) is 45.4 Å². The fourth-order valence-corrected chi connectivity index (χ4v) is 8.74. The summed E-state index contributed by atoms with van der Waals surface area (Å²) in [6, 6.07) is 23.9. The molecule has 2 aromatic carbocycles. The van der Waals surface area contributed by atoms with Gasteiger partial charge in [0.15, 0.2) is 23.0 Å². The van der Waals surface area contributed by atoms with Crippen LogP contribution in [0.15, 0.2) is 77.4 Å². The highest BCUT2D eigenvalue weighted by molar-refractivity contribution is 7.24. The number of benzene rings is 2. The Labute approximate surface area is 303 Å². The molecule has 51 heavy (non-hydrogen) atoms. The van der Waals surface area contributed by atoms with Gasteiger partial charge in [0.2, 0.25) is 0 Å². The SMILES string of the molecule is CN(C)c1ccc(/C=C/c2sc(-c3sc(C=C4C(C=C(C#N)C#N)c5ccccc5C4C=C(C#N)C#N)c4c3OCCO4)c3c2OCCO3)cc1. The summed E-state index contributed by atoms with van der Waals surface area (Å²) in [6.07, 6.45) is 9.36. The van der Waals surface area contributed by atoms with Gasteiger partial charge in [0.1, 0.15) is 61.9 Å². The summed E-state index contributed by atoms with van der Waals surface area (Å²) >= 11 is 3.03. The largest absolute Gasteiger partial charge is 0.485 e. The minimum Gasteiger partial charge on any atom is -0.485 e. The molecule has 1 aliphatic carbocycles. The van der Waals surface area contributed by atoms with Gasteiger partial charge in [-0.15, -0.1) is 22.7 Å². The molecule has 0 radical (unpaired) electrons. The molecule has 0 bridgehead atoms. The Morgan fingerprint density at radius 1 is 0.647 bits per heavy atom. The van der Waals surface area contributed by atoms with Gasteiger partial charge in [-0.05, 0) is 58.7 Å². The molecule has 250 valence electrons. The molecule has 3 aliphatic rings. The van der Waals surface area contributed by atoms with Crippen LogP contribution in [-0.4, -0.2) is 40.5 Å². The predicted octanol–water partition coefficient (Wildman–Crippen LogP) is 8.47. The van der Waals surface area contributed by atoms with Crippen LogP contribution in [0, 0.1) is 45.3 Å². The van der Waals surface area contributed by atoms with Crippen LogP contribution in [0.25, 0.3) is 28.0 Å². The zero-order valence-electron chi connectivity index (χ0n) is 27.7. The van der Waals surface area contributed by atoms with Crippen molar-refractivity contribution in [3.05, 3.63) is 104 Å². The fourth-order valence-electron chi connectivity index (χ4n) is 6.37. The van der Waals surface area contributed by atoms with E-state index in [0.29, 0.717) is 49.4 Å². The van der Waals surface area contributed by atoms with Crippen LogP contribution in [0.4, 0.5) is 5.69 Å². The highest BCUT2D eigenvalue weighted by Crippen LogP contribution is 2.59. The van der Waals surface area contributed by atoms with Crippen molar-refractivity contribution >= 4 is 46.6 Å². The van der Waals surface area contributed by atoms with Crippen LogP contribution < -0.4 is 23.8 Å². The molecule has 0 N–H and O–H groups in total. The molecule has 4 aromatic rings. The number of anilines is 1. The van der Waals surface area contributed by atoms with E-state index in [1.54, 1.807) is 23.5 Å². The lowest BCUT2D eigenvalue weighted by Crippen LogP contribution is -2.15. The number of fused-ring (bicyclic) bond motifs is 3. The van der Waals surface area contributed by atoms with Crippen LogP contribution in [0.3, 0.4) is 0 Å². The number of hydrogen-bond acceptors (Lipinski definition) is 11. The van der Waals surface area contributed by atoms with Gasteiger partial charge in [-0.3, -0.25) is 0 Å². The maximum Gasteiger partial charge on any atom is 0.181 e. The Morgan fingerprint density at radius 3 is 1.61 bits per heavy atom. The van der Waals surface area contributed by atoms with Crippen LogP contribution in [0.1, 0.15) is 38.3 Å². The van der Waals surface area contributed by atoms with Crippen molar-refractivity contribution in [3.63, 3.8) is 0 Å². The highest BCUT2D eigenvalue weighted by Gasteiger charge is 2.36. The molecule has 2 atom stereocenters. The summed E-state index contributed by atoms with van der Waals surface area (Å²) < 4.78 is 24.9. The molecule has 9 nitrogen and oxygen atoms in total. The Morgan fingerprint density at radius 2 is 1.12 bits per heavy atom. The molecule has 2 aromatic heterocycles. The van der Waals surface area contributed by atoms with Crippen molar-refractivity contribution in [3.8, 4) is 57.0 Å². The van der Waals surface area contributed by atoms with E-state index >= 15 is 0 Å². The van der Waals surface area contributed by atoms with E-state index in [1.165, 1.54) is 11.3 Å². The van der Waals surface area contributed by atoms with E-state index in [0.717, 1.165) is 47.5 Å². The summed E-state index contributed by atoms with van der Waals surface area (Å²) in [5.74, 6) is 1.59. The Hall–Kier alpha value is -6.24. The maximum absolute atomic E-state index is 9.70. The number of ether oxygens (including phenoxy) is 4. The van der Waals surface area contributed by atoms with Crippen LogP contribution in [-0.2, 0) is 0 Å². The lowest BCUT2D eigenvalue weighted by molar-refractivity contribution is 0.171. The molecule has 0 fully saturated rings. The second-order valence-corrected chi connectivity index (χ2v) is 14.1. The third kappa shape index (κ3) is 6.33. The van der Waals surface area contributed by atoms with E-state index in [2.05, 4.69) is 35.2 Å². The van der Waals surface area contributed by atoms with Gasteiger partial charge in [-0.25, -0.2) is 0 Å². The third-order valence-corrected chi connectivity index (χ3v) is 11.1. The normalized spacial score (nSPS) is 16.5. The number of nitriles is 4. The van der Waals surface area contributed by atoms with Crippen molar-refractivity contribution in [2.45, 2.75) is 11.8 Å². The Kier molecular flexibility index (Phi) is 9.34. The van der Waals surface area contributed by atoms with Gasteiger partial charge in [0.05, 0.1) is 19.5 Å². The molecule has 0 spiro atoms. The smallest absolute Gasteiger partial charge is 0.181 e. The maximum atomic E-state index is 9.70. The first-order valence-corrected chi connectivity index (χ1v) is 17.7. The minimum atomic E-state index is -0.462. The van der Waals surface area contributed by atoms with Crippen molar-refractivity contribution in [1.29, 1.82) is 21.0 Å². The van der Waals surface area contributed by atoms with Gasteiger partial charge >= 0.3 is 0 Å². The first-order chi connectivity index (χ1) is 24.9. The number of hydrogen-bond donors (Lipinski definition) is 0. The van der Waals surface area contributed by atoms with Gasteiger partial charge < -0.3 is 23.8 Å². The molecule has 0 amide bonds. The van der Waals surface area contributed by atoms with Crippen molar-refractivity contribution in [1.82, 2.24) is 0 Å². The van der Waals surface area contributed by atoms with Gasteiger partial charge in [-0.1, -0.05) is 42.5 Å². The molecule has 2 aliphatic heterocycles. The number of rotatable bonds is 7. The van der Waals surface area contributed by atoms with Gasteiger partial charge in [0.25, 0.3) is 0 Å². The second kappa shape index (κ2) is 14.3. The van der Waals surface area contributed by atoms with Crippen LogP contribution >= 0.6 is 22.7 Å². The van der Waals surface area contributed by atoms with E-state index in [-0.39, 0.29) is 11.1 Å². The molecular weight excluding hydrogens is 679 g/mol. The Balaban J connectivity index is 1.37. The first kappa shape index (κ1) is 33.3.